The van der Waals surface area contributed by atoms with Crippen molar-refractivity contribution < 1.29 is 19.4 Å². The van der Waals surface area contributed by atoms with E-state index in [9.17, 15) is 10.1 Å². The lowest BCUT2D eigenvalue weighted by Gasteiger charge is -2.37. The van der Waals surface area contributed by atoms with Crippen LogP contribution in [0.3, 0.4) is 0 Å². The fraction of sp³-hybridized carbons (Fsp3) is 0.370. The van der Waals surface area contributed by atoms with Crippen LogP contribution in [0.2, 0.25) is 0 Å². The maximum atomic E-state index is 11.7. The van der Waals surface area contributed by atoms with Crippen LogP contribution < -0.4 is 10.1 Å². The zero-order valence-electron chi connectivity index (χ0n) is 21.1. The summed E-state index contributed by atoms with van der Waals surface area (Å²) in [6.45, 7) is 3.01. The maximum absolute atomic E-state index is 11.7. The topological polar surface area (TPSA) is 137 Å². The Kier molecular flexibility index (Phi) is 7.74. The van der Waals surface area contributed by atoms with Crippen molar-refractivity contribution in [1.82, 2.24) is 24.8 Å². The second-order valence-electron chi connectivity index (χ2n) is 9.33. The number of hydrogen-bond donors (Lipinski definition) is 2. The van der Waals surface area contributed by atoms with E-state index < -0.39 is 6.61 Å². The normalized spacial score (nSPS) is 17.6. The van der Waals surface area contributed by atoms with Gasteiger partial charge in [0.05, 0.1) is 41.5 Å². The first-order chi connectivity index (χ1) is 18.5. The molecule has 1 amide bonds. The van der Waals surface area contributed by atoms with Gasteiger partial charge in [-0.15, -0.1) is 0 Å². The van der Waals surface area contributed by atoms with E-state index in [1.807, 2.05) is 18.2 Å². The summed E-state index contributed by atoms with van der Waals surface area (Å²) < 4.78 is 11.3. The highest BCUT2D eigenvalue weighted by Crippen LogP contribution is 2.28. The third-order valence-corrected chi connectivity index (χ3v) is 6.70. The lowest BCUT2D eigenvalue weighted by Crippen LogP contribution is -2.51. The first-order valence-corrected chi connectivity index (χ1v) is 12.4. The van der Waals surface area contributed by atoms with Gasteiger partial charge in [-0.3, -0.25) is 14.7 Å². The highest BCUT2D eigenvalue weighted by molar-refractivity contribution is 5.77. The van der Waals surface area contributed by atoms with Crippen molar-refractivity contribution >= 4 is 17.5 Å². The fourth-order valence-corrected chi connectivity index (χ4v) is 4.54. The Morgan fingerprint density at radius 2 is 2.05 bits per heavy atom. The van der Waals surface area contributed by atoms with Gasteiger partial charge in [0.15, 0.2) is 0 Å². The standard InChI is InChI=1S/C27H29N7O4/c1-37-23-14-33(15-23)13-21-4-3-20(12-30-21)31-27-29-8-6-24(32-27)18-2-5-25(19(10-18)11-28)38-22-7-9-34(16-22)26(36)17-35/h2-6,8,10,12,22-23,35H,7,9,13-17H2,1H3,(H,29,31,32). The van der Waals surface area contributed by atoms with Crippen LogP contribution in [0.15, 0.2) is 48.8 Å². The average Bonchev–Trinajstić information content (AvgIpc) is 3.40. The van der Waals surface area contributed by atoms with Crippen LogP contribution in [0.4, 0.5) is 11.6 Å². The van der Waals surface area contributed by atoms with Crippen molar-refractivity contribution in [3.8, 4) is 23.1 Å². The van der Waals surface area contributed by atoms with Gasteiger partial charge in [0.25, 0.3) is 0 Å². The smallest absolute Gasteiger partial charge is 0.248 e. The molecule has 11 heteroatoms. The van der Waals surface area contributed by atoms with Crippen LogP contribution in [-0.4, -0.2) is 87.9 Å². The van der Waals surface area contributed by atoms with E-state index in [4.69, 9.17) is 14.6 Å². The Morgan fingerprint density at radius 3 is 2.79 bits per heavy atom. The Hall–Kier alpha value is -4.11. The Balaban J connectivity index is 1.22. The third kappa shape index (κ3) is 5.89. The van der Waals surface area contributed by atoms with E-state index >= 15 is 0 Å². The zero-order valence-corrected chi connectivity index (χ0v) is 21.1. The number of likely N-dealkylation sites (tertiary alicyclic amines) is 2. The quantitative estimate of drug-likeness (QED) is 0.435. The number of nitrogens with one attached hydrogen (secondary N) is 1. The first kappa shape index (κ1) is 25.5. The highest BCUT2D eigenvalue weighted by atomic mass is 16.5. The molecule has 5 rings (SSSR count). The number of anilines is 2. The number of rotatable bonds is 9. The van der Waals surface area contributed by atoms with Crippen molar-refractivity contribution in [3.05, 3.63) is 60.0 Å². The number of carbonyl (C=O) groups excluding carboxylic acids is 1. The van der Waals surface area contributed by atoms with Gasteiger partial charge in [-0.05, 0) is 36.4 Å². The first-order valence-electron chi connectivity index (χ1n) is 12.4. The number of hydrogen-bond acceptors (Lipinski definition) is 10. The summed E-state index contributed by atoms with van der Waals surface area (Å²) in [5, 5.41) is 22.0. The lowest BCUT2D eigenvalue weighted by atomic mass is 10.1. The summed E-state index contributed by atoms with van der Waals surface area (Å²) in [6.07, 6.45) is 4.14. The third-order valence-electron chi connectivity index (χ3n) is 6.70. The minimum absolute atomic E-state index is 0.230. The van der Waals surface area contributed by atoms with Gasteiger partial charge >= 0.3 is 0 Å². The van der Waals surface area contributed by atoms with Gasteiger partial charge in [-0.25, -0.2) is 9.97 Å². The van der Waals surface area contributed by atoms with E-state index in [0.717, 1.165) is 36.6 Å². The molecule has 0 bridgehead atoms. The molecule has 2 aliphatic heterocycles. The number of amides is 1. The second-order valence-corrected chi connectivity index (χ2v) is 9.33. The minimum atomic E-state index is -0.517. The van der Waals surface area contributed by atoms with Gasteiger partial charge < -0.3 is 24.8 Å². The van der Waals surface area contributed by atoms with Crippen LogP contribution in [-0.2, 0) is 16.1 Å². The van der Waals surface area contributed by atoms with Crippen molar-refractivity contribution in [2.75, 3.05) is 45.2 Å². The number of benzene rings is 1. The number of carbonyl (C=O) groups is 1. The van der Waals surface area contributed by atoms with Gasteiger partial charge in [0.1, 0.15) is 24.5 Å². The van der Waals surface area contributed by atoms with Crippen molar-refractivity contribution in [2.45, 2.75) is 25.2 Å². The van der Waals surface area contributed by atoms with Crippen LogP contribution >= 0.6 is 0 Å². The average molecular weight is 516 g/mol. The largest absolute Gasteiger partial charge is 0.487 e. The number of methoxy groups -OCH3 is 1. The molecule has 0 spiro atoms. The molecule has 2 aromatic heterocycles. The Labute approximate surface area is 220 Å². The number of nitrogens with zero attached hydrogens (tertiary/aromatic N) is 6. The van der Waals surface area contributed by atoms with E-state index in [-0.39, 0.29) is 12.0 Å². The van der Waals surface area contributed by atoms with Gasteiger partial charge in [-0.1, -0.05) is 0 Å². The van der Waals surface area contributed by atoms with Crippen LogP contribution in [0.25, 0.3) is 11.3 Å². The molecule has 0 aliphatic carbocycles. The van der Waals surface area contributed by atoms with Crippen LogP contribution in [0.1, 0.15) is 17.7 Å². The van der Waals surface area contributed by atoms with E-state index in [0.29, 0.717) is 48.6 Å². The summed E-state index contributed by atoms with van der Waals surface area (Å²) >= 11 is 0. The summed E-state index contributed by atoms with van der Waals surface area (Å²) in [4.78, 5) is 29.0. The lowest BCUT2D eigenvalue weighted by molar-refractivity contribution is -0.133. The molecule has 2 N–H and O–H groups in total. The van der Waals surface area contributed by atoms with Gasteiger partial charge in [0.2, 0.25) is 11.9 Å². The Morgan fingerprint density at radius 1 is 1.18 bits per heavy atom. The molecule has 38 heavy (non-hydrogen) atoms. The molecule has 196 valence electrons. The number of aliphatic hydroxyl groups is 1. The molecule has 1 aromatic carbocycles. The highest BCUT2D eigenvalue weighted by Gasteiger charge is 2.28. The predicted octanol–water partition coefficient (Wildman–Crippen LogP) is 1.96. The summed E-state index contributed by atoms with van der Waals surface area (Å²) in [5.74, 6) is 0.550. The summed E-state index contributed by atoms with van der Waals surface area (Å²) in [6, 6.07) is 13.2. The van der Waals surface area contributed by atoms with Gasteiger partial charge in [0, 0.05) is 51.5 Å². The molecule has 2 aliphatic rings. The summed E-state index contributed by atoms with van der Waals surface area (Å²) in [7, 11) is 1.74. The summed E-state index contributed by atoms with van der Waals surface area (Å²) in [5.41, 5.74) is 3.54. The molecule has 3 aromatic rings. The SMILES string of the molecule is COC1CN(Cc2ccc(Nc3nccc(-c4ccc(OC5CCN(C(=O)CO)C5)c(C#N)c4)n3)cn2)C1. The molecular formula is C27H29N7O4. The number of pyridine rings is 1. The molecule has 1 unspecified atom stereocenters. The molecular weight excluding hydrogens is 486 g/mol. The second kappa shape index (κ2) is 11.5. The zero-order chi connectivity index (χ0) is 26.5. The molecule has 4 heterocycles. The van der Waals surface area contributed by atoms with Crippen LogP contribution in [0.5, 0.6) is 5.75 Å². The number of aliphatic hydroxyl groups excluding tert-OH is 1. The molecule has 0 radical (unpaired) electrons. The van der Waals surface area contributed by atoms with Crippen molar-refractivity contribution in [3.63, 3.8) is 0 Å². The van der Waals surface area contributed by atoms with Crippen molar-refractivity contribution in [1.29, 1.82) is 5.26 Å². The van der Waals surface area contributed by atoms with Crippen LogP contribution in [0, 0.1) is 11.3 Å². The Bertz CT molecular complexity index is 1320. The maximum Gasteiger partial charge on any atom is 0.248 e. The predicted molar refractivity (Wildman–Crippen MR) is 138 cm³/mol. The van der Waals surface area contributed by atoms with Crippen molar-refractivity contribution in [2.24, 2.45) is 0 Å². The molecule has 1 atom stereocenters. The molecule has 11 nitrogen and oxygen atoms in total. The number of nitriles is 1. The van der Waals surface area contributed by atoms with E-state index in [1.54, 1.807) is 42.6 Å². The van der Waals surface area contributed by atoms with E-state index in [1.165, 1.54) is 0 Å². The number of aromatic nitrogens is 3. The molecule has 2 saturated heterocycles. The monoisotopic (exact) mass is 515 g/mol. The molecule has 2 fully saturated rings. The fourth-order valence-electron chi connectivity index (χ4n) is 4.54. The molecule has 0 saturated carbocycles. The number of ether oxygens (including phenoxy) is 2. The van der Waals surface area contributed by atoms with E-state index in [2.05, 4.69) is 31.2 Å². The van der Waals surface area contributed by atoms with Gasteiger partial charge in [-0.2, -0.15) is 5.26 Å². The minimum Gasteiger partial charge on any atom is -0.487 e.